The third-order valence-corrected chi connectivity index (χ3v) is 3.21. The molecular formula is C18H12FNO. The Labute approximate surface area is 122 Å². The van der Waals surface area contributed by atoms with E-state index in [1.807, 2.05) is 48.5 Å². The number of ether oxygens (including phenoxy) is 1. The van der Waals surface area contributed by atoms with Crippen molar-refractivity contribution in [2.45, 2.75) is 6.61 Å². The second-order valence-corrected chi connectivity index (χ2v) is 4.76. The van der Waals surface area contributed by atoms with Crippen LogP contribution in [-0.2, 0) is 6.61 Å². The van der Waals surface area contributed by atoms with Gasteiger partial charge in [0.25, 0.3) is 0 Å². The van der Waals surface area contributed by atoms with Gasteiger partial charge in [-0.05, 0) is 46.7 Å². The topological polar surface area (TPSA) is 33.0 Å². The molecule has 0 amide bonds. The first-order chi connectivity index (χ1) is 10.2. The Kier molecular flexibility index (Phi) is 3.53. The van der Waals surface area contributed by atoms with Gasteiger partial charge in [-0.15, -0.1) is 0 Å². The van der Waals surface area contributed by atoms with Crippen LogP contribution in [0.3, 0.4) is 0 Å². The Morgan fingerprint density at radius 2 is 1.76 bits per heavy atom. The fraction of sp³-hybridized carbons (Fsp3) is 0.0556. The molecule has 0 unspecified atom stereocenters. The van der Waals surface area contributed by atoms with Gasteiger partial charge in [-0.25, -0.2) is 4.39 Å². The summed E-state index contributed by atoms with van der Waals surface area (Å²) in [7, 11) is 0. The Bertz CT molecular complexity index is 836. The van der Waals surface area contributed by atoms with Crippen molar-refractivity contribution in [3.8, 4) is 11.8 Å². The van der Waals surface area contributed by atoms with E-state index in [1.54, 1.807) is 6.07 Å². The molecule has 0 saturated heterocycles. The maximum atomic E-state index is 13.3. The molecule has 3 aromatic rings. The van der Waals surface area contributed by atoms with E-state index in [0.29, 0.717) is 11.1 Å². The highest BCUT2D eigenvalue weighted by Gasteiger charge is 2.02. The fourth-order valence-corrected chi connectivity index (χ4v) is 2.22. The lowest BCUT2D eigenvalue weighted by molar-refractivity contribution is 0.306. The third-order valence-electron chi connectivity index (χ3n) is 3.21. The number of fused-ring (bicyclic) bond motifs is 1. The van der Waals surface area contributed by atoms with Crippen LogP contribution in [0.25, 0.3) is 10.8 Å². The zero-order valence-corrected chi connectivity index (χ0v) is 11.2. The SMILES string of the molecule is N#Cc1cc(F)cc(COc2ccc3ccccc3c2)c1. The number of hydrogen-bond donors (Lipinski definition) is 0. The van der Waals surface area contributed by atoms with Crippen molar-refractivity contribution in [3.05, 3.63) is 77.6 Å². The van der Waals surface area contributed by atoms with Crippen molar-refractivity contribution < 1.29 is 9.13 Å². The minimum Gasteiger partial charge on any atom is -0.489 e. The number of nitrogens with zero attached hydrogens (tertiary/aromatic N) is 1. The van der Waals surface area contributed by atoms with E-state index in [4.69, 9.17) is 10.00 Å². The maximum Gasteiger partial charge on any atom is 0.124 e. The van der Waals surface area contributed by atoms with Crippen LogP contribution in [0, 0.1) is 17.1 Å². The van der Waals surface area contributed by atoms with Crippen LogP contribution in [0.2, 0.25) is 0 Å². The quantitative estimate of drug-likeness (QED) is 0.709. The highest BCUT2D eigenvalue weighted by molar-refractivity contribution is 5.83. The highest BCUT2D eigenvalue weighted by Crippen LogP contribution is 2.21. The molecule has 0 aliphatic heterocycles. The number of benzene rings is 3. The van der Waals surface area contributed by atoms with Gasteiger partial charge in [0.2, 0.25) is 0 Å². The van der Waals surface area contributed by atoms with Gasteiger partial charge >= 0.3 is 0 Å². The summed E-state index contributed by atoms with van der Waals surface area (Å²) in [4.78, 5) is 0. The molecule has 0 atom stereocenters. The largest absolute Gasteiger partial charge is 0.489 e. The first-order valence-corrected chi connectivity index (χ1v) is 6.56. The Morgan fingerprint density at radius 1 is 0.952 bits per heavy atom. The van der Waals surface area contributed by atoms with Crippen LogP contribution in [0.4, 0.5) is 4.39 Å². The molecular weight excluding hydrogens is 265 g/mol. The zero-order chi connectivity index (χ0) is 14.7. The lowest BCUT2D eigenvalue weighted by atomic mass is 10.1. The second kappa shape index (κ2) is 5.64. The lowest BCUT2D eigenvalue weighted by Crippen LogP contribution is -1.97. The average Bonchev–Trinajstić information content (AvgIpc) is 2.52. The molecule has 0 fully saturated rings. The maximum absolute atomic E-state index is 13.3. The molecule has 3 rings (SSSR count). The summed E-state index contributed by atoms with van der Waals surface area (Å²) in [5.74, 6) is 0.294. The van der Waals surface area contributed by atoms with E-state index < -0.39 is 5.82 Å². The van der Waals surface area contributed by atoms with Gasteiger partial charge in [-0.1, -0.05) is 30.3 Å². The van der Waals surface area contributed by atoms with E-state index in [1.165, 1.54) is 12.1 Å². The van der Waals surface area contributed by atoms with Crippen molar-refractivity contribution in [2.24, 2.45) is 0 Å². The molecule has 2 nitrogen and oxygen atoms in total. The van der Waals surface area contributed by atoms with Crippen LogP contribution in [0.15, 0.2) is 60.7 Å². The molecule has 0 aliphatic rings. The molecule has 0 spiro atoms. The summed E-state index contributed by atoms with van der Waals surface area (Å²) < 4.78 is 19.0. The summed E-state index contributed by atoms with van der Waals surface area (Å²) in [6.45, 7) is 0.227. The summed E-state index contributed by atoms with van der Waals surface area (Å²) in [6.07, 6.45) is 0. The summed E-state index contributed by atoms with van der Waals surface area (Å²) in [5.41, 5.74) is 0.937. The van der Waals surface area contributed by atoms with Crippen LogP contribution in [0.5, 0.6) is 5.75 Å². The van der Waals surface area contributed by atoms with Crippen LogP contribution < -0.4 is 4.74 Å². The van der Waals surface area contributed by atoms with E-state index in [-0.39, 0.29) is 6.61 Å². The van der Waals surface area contributed by atoms with Crippen molar-refractivity contribution in [2.75, 3.05) is 0 Å². The van der Waals surface area contributed by atoms with Crippen molar-refractivity contribution >= 4 is 10.8 Å². The Balaban J connectivity index is 1.80. The lowest BCUT2D eigenvalue weighted by Gasteiger charge is -2.08. The fourth-order valence-electron chi connectivity index (χ4n) is 2.22. The standard InChI is InChI=1S/C18H12FNO/c19-17-8-13(11-20)7-14(9-17)12-21-18-6-5-15-3-1-2-4-16(15)10-18/h1-10H,12H2. The van der Waals surface area contributed by atoms with Gasteiger partial charge in [0.15, 0.2) is 0 Å². The molecule has 0 radical (unpaired) electrons. The second-order valence-electron chi connectivity index (χ2n) is 4.76. The average molecular weight is 277 g/mol. The first kappa shape index (κ1) is 13.1. The monoisotopic (exact) mass is 277 g/mol. The molecule has 21 heavy (non-hydrogen) atoms. The van der Waals surface area contributed by atoms with Crippen LogP contribution in [-0.4, -0.2) is 0 Å². The normalized spacial score (nSPS) is 10.3. The van der Waals surface area contributed by atoms with Gasteiger partial charge in [-0.3, -0.25) is 0 Å². The minimum absolute atomic E-state index is 0.227. The zero-order valence-electron chi connectivity index (χ0n) is 11.2. The van der Waals surface area contributed by atoms with Crippen molar-refractivity contribution in [1.82, 2.24) is 0 Å². The third kappa shape index (κ3) is 3.01. The molecule has 102 valence electrons. The van der Waals surface area contributed by atoms with E-state index in [2.05, 4.69) is 0 Å². The van der Waals surface area contributed by atoms with Gasteiger partial charge < -0.3 is 4.74 Å². The predicted molar refractivity (Wildman–Crippen MR) is 79.4 cm³/mol. The summed E-state index contributed by atoms with van der Waals surface area (Å²) >= 11 is 0. The van der Waals surface area contributed by atoms with Gasteiger partial charge in [-0.2, -0.15) is 5.26 Å². The Morgan fingerprint density at radius 3 is 2.57 bits per heavy atom. The van der Waals surface area contributed by atoms with Crippen molar-refractivity contribution in [1.29, 1.82) is 5.26 Å². The number of halogens is 1. The van der Waals surface area contributed by atoms with E-state index in [9.17, 15) is 4.39 Å². The molecule has 3 heteroatoms. The highest BCUT2D eigenvalue weighted by atomic mass is 19.1. The van der Waals surface area contributed by atoms with E-state index >= 15 is 0 Å². The number of nitriles is 1. The Hall–Kier alpha value is -2.86. The van der Waals surface area contributed by atoms with Crippen molar-refractivity contribution in [3.63, 3.8) is 0 Å². The van der Waals surface area contributed by atoms with Crippen LogP contribution in [0.1, 0.15) is 11.1 Å². The minimum atomic E-state index is -0.425. The molecule has 0 heterocycles. The predicted octanol–water partition coefficient (Wildman–Crippen LogP) is 4.43. The molecule has 0 aliphatic carbocycles. The molecule has 0 bridgehead atoms. The number of rotatable bonds is 3. The van der Waals surface area contributed by atoms with Gasteiger partial charge in [0.1, 0.15) is 18.2 Å². The molecule has 3 aromatic carbocycles. The number of hydrogen-bond acceptors (Lipinski definition) is 2. The summed E-state index contributed by atoms with van der Waals surface area (Å²) in [6, 6.07) is 20.0. The summed E-state index contributed by atoms with van der Waals surface area (Å²) in [5, 5.41) is 11.1. The smallest absolute Gasteiger partial charge is 0.124 e. The van der Waals surface area contributed by atoms with Crippen LogP contribution >= 0.6 is 0 Å². The molecule has 0 saturated carbocycles. The molecule has 0 N–H and O–H groups in total. The van der Waals surface area contributed by atoms with Gasteiger partial charge in [0.05, 0.1) is 11.6 Å². The van der Waals surface area contributed by atoms with E-state index in [0.717, 1.165) is 16.5 Å². The first-order valence-electron chi connectivity index (χ1n) is 6.56. The molecule has 0 aromatic heterocycles. The van der Waals surface area contributed by atoms with Gasteiger partial charge in [0, 0.05) is 0 Å².